The molecule has 3 aromatic rings. The van der Waals surface area contributed by atoms with Crippen LogP contribution in [0.1, 0.15) is 24.1 Å². The molecule has 0 spiro atoms. The Balaban J connectivity index is 1.69. The van der Waals surface area contributed by atoms with E-state index in [1.807, 2.05) is 6.07 Å². The van der Waals surface area contributed by atoms with Crippen molar-refractivity contribution in [1.29, 1.82) is 5.26 Å². The molecule has 1 fully saturated rings. The molecular weight excluding hydrogens is 381 g/mol. The van der Waals surface area contributed by atoms with E-state index >= 15 is 0 Å². The fourth-order valence-corrected chi connectivity index (χ4v) is 3.56. The van der Waals surface area contributed by atoms with E-state index in [0.717, 1.165) is 0 Å². The average molecular weight is 396 g/mol. The van der Waals surface area contributed by atoms with Gasteiger partial charge in [-0.1, -0.05) is 0 Å². The molecule has 0 unspecified atom stereocenters. The van der Waals surface area contributed by atoms with Gasteiger partial charge in [0.1, 0.15) is 29.2 Å². The minimum absolute atomic E-state index is 0.0430. The highest BCUT2D eigenvalue weighted by Gasteiger charge is 2.52. The molecule has 1 aromatic carbocycles. The Bertz CT molecular complexity index is 1090. The third kappa shape index (κ3) is 3.16. The lowest BCUT2D eigenvalue weighted by molar-refractivity contribution is 0.0859. The minimum Gasteiger partial charge on any atom is -0.331 e. The zero-order valence-corrected chi connectivity index (χ0v) is 15.4. The summed E-state index contributed by atoms with van der Waals surface area (Å²) in [5.74, 6) is -0.971. The first-order chi connectivity index (χ1) is 13.9. The van der Waals surface area contributed by atoms with Gasteiger partial charge in [-0.15, -0.1) is 10.2 Å². The van der Waals surface area contributed by atoms with Crippen molar-refractivity contribution in [3.63, 3.8) is 0 Å². The lowest BCUT2D eigenvalue weighted by Gasteiger charge is -2.49. The lowest BCUT2D eigenvalue weighted by atomic mass is 9.71. The molecule has 0 amide bonds. The van der Waals surface area contributed by atoms with Gasteiger partial charge in [-0.25, -0.2) is 18.2 Å². The number of hydrogen-bond donors (Lipinski definition) is 0. The molecule has 0 atom stereocenters. The van der Waals surface area contributed by atoms with E-state index in [2.05, 4.69) is 20.2 Å². The summed E-state index contributed by atoms with van der Waals surface area (Å²) in [5, 5.41) is 17.0. The Morgan fingerprint density at radius 1 is 1.14 bits per heavy atom. The monoisotopic (exact) mass is 396 g/mol. The van der Waals surface area contributed by atoms with Gasteiger partial charge in [-0.05, 0) is 30.3 Å². The summed E-state index contributed by atoms with van der Waals surface area (Å²) in [5.41, 5.74) is -0.391. The van der Waals surface area contributed by atoms with Gasteiger partial charge >= 0.3 is 0 Å². The summed E-state index contributed by atoms with van der Waals surface area (Å²) in [6.07, 6.45) is 1.76. The van der Waals surface area contributed by atoms with Gasteiger partial charge in [0.15, 0.2) is 0 Å². The van der Waals surface area contributed by atoms with Crippen molar-refractivity contribution >= 4 is 5.95 Å². The number of benzene rings is 1. The maximum Gasteiger partial charge on any atom is 0.245 e. The van der Waals surface area contributed by atoms with E-state index in [1.54, 1.807) is 11.9 Å². The summed E-state index contributed by atoms with van der Waals surface area (Å²) >= 11 is 0. The van der Waals surface area contributed by atoms with Crippen LogP contribution in [-0.4, -0.2) is 33.4 Å². The average Bonchev–Trinajstić information content (AvgIpc) is 2.72. The molecule has 2 aromatic heterocycles. The standard InChI is InChI=1S/C20H15F3N6/c1-29(20(8-13(21)9-20)18-16(23)3-2-6-25-18)19-26-11-17(27-28-19)14-7-12(10-24)4-5-15(14)22/h2-7,11,13H,8-9H2,1H3. The summed E-state index contributed by atoms with van der Waals surface area (Å²) in [7, 11) is 1.62. The van der Waals surface area contributed by atoms with Crippen LogP contribution < -0.4 is 4.90 Å². The summed E-state index contributed by atoms with van der Waals surface area (Å²) in [6, 6.07) is 8.56. The van der Waals surface area contributed by atoms with Crippen LogP contribution in [0.2, 0.25) is 0 Å². The Hall–Kier alpha value is -3.54. The second kappa shape index (κ2) is 7.13. The van der Waals surface area contributed by atoms with E-state index < -0.39 is 23.3 Å². The van der Waals surface area contributed by atoms with Crippen LogP contribution in [0, 0.1) is 23.0 Å². The van der Waals surface area contributed by atoms with Crippen LogP contribution in [0.5, 0.6) is 0 Å². The largest absolute Gasteiger partial charge is 0.331 e. The number of nitriles is 1. The third-order valence-electron chi connectivity index (χ3n) is 5.18. The van der Waals surface area contributed by atoms with E-state index in [-0.39, 0.29) is 41.3 Å². The van der Waals surface area contributed by atoms with Crippen molar-refractivity contribution in [2.45, 2.75) is 24.6 Å². The van der Waals surface area contributed by atoms with Gasteiger partial charge in [0, 0.05) is 31.6 Å². The Morgan fingerprint density at radius 3 is 2.55 bits per heavy atom. The summed E-state index contributed by atoms with van der Waals surface area (Å²) in [4.78, 5) is 9.87. The molecule has 0 bridgehead atoms. The molecular formula is C20H15F3N6. The van der Waals surface area contributed by atoms with Crippen molar-refractivity contribution in [3.8, 4) is 17.3 Å². The number of aromatic nitrogens is 4. The van der Waals surface area contributed by atoms with E-state index in [9.17, 15) is 13.2 Å². The van der Waals surface area contributed by atoms with Crippen LogP contribution in [0.3, 0.4) is 0 Å². The second-order valence-electron chi connectivity index (χ2n) is 6.88. The van der Waals surface area contributed by atoms with Crippen LogP contribution in [0.4, 0.5) is 19.1 Å². The molecule has 4 rings (SSSR count). The van der Waals surface area contributed by atoms with Gasteiger partial charge in [0.05, 0.1) is 23.4 Å². The van der Waals surface area contributed by atoms with Crippen LogP contribution in [0.15, 0.2) is 42.7 Å². The first-order valence-electron chi connectivity index (χ1n) is 8.83. The molecule has 0 radical (unpaired) electrons. The summed E-state index contributed by atoms with van der Waals surface area (Å²) in [6.45, 7) is 0. The van der Waals surface area contributed by atoms with Gasteiger partial charge in [-0.2, -0.15) is 5.26 Å². The maximum atomic E-state index is 14.4. The molecule has 146 valence electrons. The number of anilines is 1. The molecule has 0 saturated heterocycles. The first-order valence-corrected chi connectivity index (χ1v) is 8.83. The molecule has 9 heteroatoms. The van der Waals surface area contributed by atoms with Crippen LogP contribution >= 0.6 is 0 Å². The van der Waals surface area contributed by atoms with E-state index in [0.29, 0.717) is 0 Å². The SMILES string of the molecule is CN(c1ncc(-c2cc(C#N)ccc2F)nn1)C1(c2ncccc2F)CC(F)C1. The Morgan fingerprint density at radius 2 is 1.93 bits per heavy atom. The van der Waals surface area contributed by atoms with Crippen molar-refractivity contribution < 1.29 is 13.2 Å². The number of pyridine rings is 1. The van der Waals surface area contributed by atoms with Crippen LogP contribution in [0.25, 0.3) is 11.3 Å². The second-order valence-corrected chi connectivity index (χ2v) is 6.88. The molecule has 2 heterocycles. The molecule has 0 N–H and O–H groups in total. The summed E-state index contributed by atoms with van der Waals surface area (Å²) < 4.78 is 42.3. The Kier molecular flexibility index (Phi) is 4.62. The quantitative estimate of drug-likeness (QED) is 0.671. The van der Waals surface area contributed by atoms with E-state index in [4.69, 9.17) is 5.26 Å². The smallest absolute Gasteiger partial charge is 0.245 e. The highest BCUT2D eigenvalue weighted by atomic mass is 19.1. The van der Waals surface area contributed by atoms with Gasteiger partial charge in [0.25, 0.3) is 0 Å². The van der Waals surface area contributed by atoms with E-state index in [1.165, 1.54) is 42.7 Å². The molecule has 1 aliphatic carbocycles. The number of rotatable bonds is 4. The molecule has 1 saturated carbocycles. The minimum atomic E-state index is -1.09. The predicted octanol–water partition coefficient (Wildman–Crippen LogP) is 3.55. The number of nitrogens with zero attached hydrogens (tertiary/aromatic N) is 6. The number of halogens is 3. The third-order valence-corrected chi connectivity index (χ3v) is 5.18. The van der Waals surface area contributed by atoms with Crippen molar-refractivity contribution in [2.75, 3.05) is 11.9 Å². The maximum absolute atomic E-state index is 14.4. The number of hydrogen-bond acceptors (Lipinski definition) is 6. The zero-order chi connectivity index (χ0) is 20.6. The normalized spacial score (nSPS) is 20.6. The van der Waals surface area contributed by atoms with Gasteiger partial charge in [-0.3, -0.25) is 4.98 Å². The van der Waals surface area contributed by atoms with Gasteiger partial charge in [0.2, 0.25) is 5.95 Å². The van der Waals surface area contributed by atoms with Crippen molar-refractivity contribution in [3.05, 3.63) is 65.6 Å². The number of alkyl halides is 1. The predicted molar refractivity (Wildman–Crippen MR) is 98.3 cm³/mol. The molecule has 1 aliphatic rings. The van der Waals surface area contributed by atoms with Gasteiger partial charge < -0.3 is 4.90 Å². The van der Waals surface area contributed by atoms with Crippen LogP contribution in [-0.2, 0) is 5.54 Å². The van der Waals surface area contributed by atoms with Crippen molar-refractivity contribution in [1.82, 2.24) is 20.2 Å². The fraction of sp³-hybridized carbons (Fsp3) is 0.250. The highest BCUT2D eigenvalue weighted by Crippen LogP contribution is 2.48. The first kappa shape index (κ1) is 18.8. The fourth-order valence-electron chi connectivity index (χ4n) is 3.56. The molecule has 0 aliphatic heterocycles. The highest BCUT2D eigenvalue weighted by molar-refractivity contribution is 5.61. The zero-order valence-electron chi connectivity index (χ0n) is 15.4. The topological polar surface area (TPSA) is 78.6 Å². The lowest BCUT2D eigenvalue weighted by Crippen LogP contribution is -2.56. The molecule has 29 heavy (non-hydrogen) atoms. The van der Waals surface area contributed by atoms with Crippen molar-refractivity contribution in [2.24, 2.45) is 0 Å². The Labute approximate surface area is 164 Å². The molecule has 6 nitrogen and oxygen atoms in total.